The summed E-state index contributed by atoms with van der Waals surface area (Å²) in [6.07, 6.45) is 7.07. The molecule has 1 aromatic carbocycles. The number of aryl methyl sites for hydroxylation is 1. The van der Waals surface area contributed by atoms with Crippen LogP contribution in [0.15, 0.2) is 29.3 Å². The summed E-state index contributed by atoms with van der Waals surface area (Å²) in [6.45, 7) is 3.48. The average molecular weight is 444 g/mol. The number of nitrogens with two attached hydrogens (primary N) is 1. The van der Waals surface area contributed by atoms with Crippen molar-refractivity contribution in [2.24, 2.45) is 4.99 Å². The van der Waals surface area contributed by atoms with Gasteiger partial charge in [-0.25, -0.2) is 9.07 Å². The zero-order chi connectivity index (χ0) is 22.2. The van der Waals surface area contributed by atoms with E-state index in [1.54, 1.807) is 12.1 Å². The molecule has 0 bridgehead atoms. The summed E-state index contributed by atoms with van der Waals surface area (Å²) in [6, 6.07) is 8.48. The first-order valence-corrected chi connectivity index (χ1v) is 12.0. The Bertz CT molecular complexity index is 933. The van der Waals surface area contributed by atoms with Crippen molar-refractivity contribution in [3.63, 3.8) is 0 Å². The van der Waals surface area contributed by atoms with Gasteiger partial charge in [-0.2, -0.15) is 22.1 Å². The van der Waals surface area contributed by atoms with Crippen LogP contribution < -0.4 is 16.4 Å². The molecular formula is C22H30FN7S. The molecule has 0 spiro atoms. The van der Waals surface area contributed by atoms with Crippen LogP contribution in [-0.2, 0) is 6.42 Å². The number of halogens is 1. The van der Waals surface area contributed by atoms with Crippen LogP contribution in [-0.4, -0.2) is 46.4 Å². The molecule has 31 heavy (non-hydrogen) atoms. The van der Waals surface area contributed by atoms with E-state index in [1.165, 1.54) is 29.7 Å². The van der Waals surface area contributed by atoms with Crippen molar-refractivity contribution in [2.75, 3.05) is 25.1 Å². The lowest BCUT2D eigenvalue weighted by molar-refractivity contribution is 0.614. The molecule has 7 nitrogen and oxygen atoms in total. The first kappa shape index (κ1) is 22.9. The summed E-state index contributed by atoms with van der Waals surface area (Å²) < 4.78 is 14.7. The number of anilines is 1. The molecular weight excluding hydrogens is 413 g/mol. The molecule has 3 rings (SSSR count). The van der Waals surface area contributed by atoms with E-state index in [0.717, 1.165) is 30.6 Å². The average Bonchev–Trinajstić information content (AvgIpc) is 3.35. The number of aliphatic imine (C=N–C) groups is 1. The minimum atomic E-state index is -0.334. The third kappa shape index (κ3) is 5.91. The van der Waals surface area contributed by atoms with E-state index in [2.05, 4.69) is 35.0 Å². The molecule has 0 radical (unpaired) electrons. The highest BCUT2D eigenvalue weighted by Gasteiger charge is 2.24. The van der Waals surface area contributed by atoms with Gasteiger partial charge >= 0.3 is 0 Å². The molecule has 9 heteroatoms. The molecule has 2 unspecified atom stereocenters. The van der Waals surface area contributed by atoms with E-state index in [-0.39, 0.29) is 11.6 Å². The highest BCUT2D eigenvalue weighted by atomic mass is 32.2. The summed E-state index contributed by atoms with van der Waals surface area (Å²) >= 11 is 1.94. The molecule has 1 heterocycles. The Kier molecular flexibility index (Phi) is 8.18. The first-order chi connectivity index (χ1) is 15.0. The van der Waals surface area contributed by atoms with Crippen LogP contribution in [0, 0.1) is 17.1 Å². The number of aromatic nitrogens is 2. The van der Waals surface area contributed by atoms with Crippen LogP contribution in [0.3, 0.4) is 0 Å². The summed E-state index contributed by atoms with van der Waals surface area (Å²) in [7, 11) is 0. The predicted octanol–water partition coefficient (Wildman–Crippen LogP) is 3.24. The maximum Gasteiger partial charge on any atom is 0.191 e. The second-order valence-electron chi connectivity index (χ2n) is 7.58. The summed E-state index contributed by atoms with van der Waals surface area (Å²) in [5, 5.41) is 21.6. The number of hydrogen-bond acceptors (Lipinski definition) is 5. The second kappa shape index (κ2) is 11.0. The van der Waals surface area contributed by atoms with E-state index in [1.807, 2.05) is 11.8 Å². The predicted molar refractivity (Wildman–Crippen MR) is 125 cm³/mol. The normalized spacial score (nSPS) is 18.7. The van der Waals surface area contributed by atoms with Gasteiger partial charge in [0.25, 0.3) is 0 Å². The third-order valence-electron chi connectivity index (χ3n) is 5.42. The van der Waals surface area contributed by atoms with Gasteiger partial charge in [-0.05, 0) is 69.5 Å². The van der Waals surface area contributed by atoms with E-state index in [0.29, 0.717) is 36.0 Å². The summed E-state index contributed by atoms with van der Waals surface area (Å²) in [5.74, 6) is 0.776. The molecule has 1 fully saturated rings. The largest absolute Gasteiger partial charge is 0.382 e. The minimum absolute atomic E-state index is 0.271. The molecule has 166 valence electrons. The lowest BCUT2D eigenvalue weighted by Gasteiger charge is -2.17. The molecule has 0 aliphatic heterocycles. The van der Waals surface area contributed by atoms with Crippen LogP contribution in [0.5, 0.6) is 0 Å². The van der Waals surface area contributed by atoms with Crippen LogP contribution in [0.1, 0.15) is 43.9 Å². The van der Waals surface area contributed by atoms with Gasteiger partial charge < -0.3 is 16.4 Å². The van der Waals surface area contributed by atoms with Gasteiger partial charge in [0.1, 0.15) is 23.3 Å². The van der Waals surface area contributed by atoms with Crippen molar-refractivity contribution in [1.82, 2.24) is 20.4 Å². The summed E-state index contributed by atoms with van der Waals surface area (Å²) in [5.41, 5.74) is 7.75. The Morgan fingerprint density at radius 2 is 2.16 bits per heavy atom. The van der Waals surface area contributed by atoms with Gasteiger partial charge in [-0.15, -0.1) is 0 Å². The van der Waals surface area contributed by atoms with E-state index in [4.69, 9.17) is 10.7 Å². The zero-order valence-electron chi connectivity index (χ0n) is 18.1. The second-order valence-corrected chi connectivity index (χ2v) is 8.72. The van der Waals surface area contributed by atoms with Gasteiger partial charge in [0, 0.05) is 24.4 Å². The fourth-order valence-electron chi connectivity index (χ4n) is 3.79. The lowest BCUT2D eigenvalue weighted by atomic mass is 10.1. The Hall–Kier alpha value is -2.73. The van der Waals surface area contributed by atoms with E-state index >= 15 is 0 Å². The molecule has 1 saturated carbocycles. The number of nitrogens with zero attached hydrogens (tertiary/aromatic N) is 4. The maximum atomic E-state index is 13.2. The number of nitriles is 1. The van der Waals surface area contributed by atoms with Crippen molar-refractivity contribution in [3.8, 4) is 11.8 Å². The van der Waals surface area contributed by atoms with Crippen molar-refractivity contribution in [2.45, 2.75) is 50.3 Å². The van der Waals surface area contributed by atoms with Crippen molar-refractivity contribution >= 4 is 23.5 Å². The SMILES string of the molecule is CCNC(=NCCCc1nn(-c2ccc(F)cc2)c(N)c1C#N)NC1CCC(SC)C1. The Morgan fingerprint density at radius 1 is 1.39 bits per heavy atom. The first-order valence-electron chi connectivity index (χ1n) is 10.7. The van der Waals surface area contributed by atoms with Gasteiger partial charge in [0.2, 0.25) is 0 Å². The number of rotatable bonds is 8. The molecule has 0 amide bonds. The smallest absolute Gasteiger partial charge is 0.191 e. The highest BCUT2D eigenvalue weighted by Crippen LogP contribution is 2.28. The van der Waals surface area contributed by atoms with Gasteiger partial charge in [-0.1, -0.05) is 0 Å². The van der Waals surface area contributed by atoms with Crippen LogP contribution in [0.25, 0.3) is 5.69 Å². The van der Waals surface area contributed by atoms with Gasteiger partial charge in [0.05, 0.1) is 11.4 Å². The number of thioether (sulfide) groups is 1. The molecule has 0 saturated heterocycles. The quantitative estimate of drug-likeness (QED) is 0.329. The standard InChI is InChI=1S/C22H30FN7S/c1-3-26-22(28-16-8-11-18(13-16)31-2)27-12-4-5-20-19(14-24)21(25)30(29-20)17-9-6-15(23)7-10-17/h6-7,9-10,16,18H,3-5,8,11-13,25H2,1-2H3,(H2,26,27,28). The van der Waals surface area contributed by atoms with Crippen molar-refractivity contribution < 1.29 is 4.39 Å². The van der Waals surface area contributed by atoms with Gasteiger partial charge in [-0.3, -0.25) is 4.99 Å². The summed E-state index contributed by atoms with van der Waals surface area (Å²) in [4.78, 5) is 4.69. The van der Waals surface area contributed by atoms with Crippen LogP contribution in [0.2, 0.25) is 0 Å². The number of guanidine groups is 1. The topological polar surface area (TPSA) is 104 Å². The Labute approximate surface area is 187 Å². The number of nitrogen functional groups attached to an aromatic ring is 1. The molecule has 4 N–H and O–H groups in total. The van der Waals surface area contributed by atoms with Crippen molar-refractivity contribution in [1.29, 1.82) is 5.26 Å². The number of benzene rings is 1. The van der Waals surface area contributed by atoms with E-state index in [9.17, 15) is 9.65 Å². The lowest BCUT2D eigenvalue weighted by Crippen LogP contribution is -2.42. The zero-order valence-corrected chi connectivity index (χ0v) is 18.9. The fourth-order valence-corrected chi connectivity index (χ4v) is 4.59. The molecule has 2 atom stereocenters. The Morgan fingerprint density at radius 3 is 2.81 bits per heavy atom. The third-order valence-corrected chi connectivity index (χ3v) is 6.52. The number of nitrogens with one attached hydrogen (secondary N) is 2. The van der Waals surface area contributed by atoms with E-state index < -0.39 is 0 Å². The number of hydrogen-bond donors (Lipinski definition) is 3. The minimum Gasteiger partial charge on any atom is -0.382 e. The maximum absolute atomic E-state index is 13.2. The molecule has 1 aromatic heterocycles. The van der Waals surface area contributed by atoms with Gasteiger partial charge in [0.15, 0.2) is 5.96 Å². The fraction of sp³-hybridized carbons (Fsp3) is 0.500. The molecule has 1 aliphatic rings. The Balaban J connectivity index is 1.61. The van der Waals surface area contributed by atoms with Crippen LogP contribution in [0.4, 0.5) is 10.2 Å². The monoisotopic (exact) mass is 443 g/mol. The molecule has 1 aliphatic carbocycles. The van der Waals surface area contributed by atoms with Crippen molar-refractivity contribution in [3.05, 3.63) is 41.3 Å². The molecule has 2 aromatic rings. The van der Waals surface area contributed by atoms with Crippen LogP contribution >= 0.6 is 11.8 Å². The highest BCUT2D eigenvalue weighted by molar-refractivity contribution is 7.99.